The number of para-hydroxylation sites is 1. The number of rotatable bonds is 5. The Balaban J connectivity index is 1.96. The molecule has 5 heteroatoms. The maximum Gasteiger partial charge on any atom is 0.289 e. The van der Waals surface area contributed by atoms with Gasteiger partial charge in [-0.05, 0) is 42.0 Å². The summed E-state index contributed by atoms with van der Waals surface area (Å²) >= 11 is 0. The number of fused-ring (bicyclic) bond motifs is 1. The van der Waals surface area contributed by atoms with Crippen LogP contribution in [0.25, 0.3) is 10.9 Å². The van der Waals surface area contributed by atoms with Crippen LogP contribution in [0, 0.1) is 12.8 Å². The highest BCUT2D eigenvalue weighted by molar-refractivity contribution is 5.91. The topological polar surface area (TPSA) is 66.3 Å². The predicted molar refractivity (Wildman–Crippen MR) is 97.6 cm³/mol. The molecule has 0 saturated heterocycles. The Morgan fingerprint density at radius 1 is 1.24 bits per heavy atom. The van der Waals surface area contributed by atoms with Gasteiger partial charge < -0.3 is 14.3 Å². The molecule has 1 N–H and O–H groups in total. The molecule has 2 heterocycles. The number of aromatic amines is 1. The number of H-pyrrole nitrogens is 1. The first kappa shape index (κ1) is 17.0. The first-order chi connectivity index (χ1) is 12.0. The smallest absolute Gasteiger partial charge is 0.289 e. The van der Waals surface area contributed by atoms with Crippen LogP contribution in [0.15, 0.2) is 51.9 Å². The van der Waals surface area contributed by atoms with Crippen LogP contribution in [0.1, 0.15) is 35.5 Å². The summed E-state index contributed by atoms with van der Waals surface area (Å²) in [5.41, 5.74) is 2.26. The van der Waals surface area contributed by atoms with E-state index in [2.05, 4.69) is 4.98 Å². The number of aryl methyl sites for hydroxylation is 1. The van der Waals surface area contributed by atoms with E-state index < -0.39 is 0 Å². The Morgan fingerprint density at radius 3 is 2.72 bits per heavy atom. The summed E-state index contributed by atoms with van der Waals surface area (Å²) in [7, 11) is 0. The number of hydrogen-bond donors (Lipinski definition) is 1. The van der Waals surface area contributed by atoms with Crippen LogP contribution in [0.3, 0.4) is 0 Å². The highest BCUT2D eigenvalue weighted by Crippen LogP contribution is 2.17. The Labute approximate surface area is 146 Å². The number of benzene rings is 1. The van der Waals surface area contributed by atoms with Gasteiger partial charge >= 0.3 is 0 Å². The molecule has 0 aliphatic heterocycles. The Hall–Kier alpha value is -2.82. The standard InChI is InChI=1S/C20H22N2O3/c1-13(2)11-22(20(24)17-8-5-9-25-17)12-16-10-15-7-4-6-14(3)18(15)21-19(16)23/h4-10,13H,11-12H2,1-3H3,(H,21,23). The molecule has 0 radical (unpaired) electrons. The third-order valence-electron chi connectivity index (χ3n) is 4.13. The Bertz CT molecular complexity index is 939. The van der Waals surface area contributed by atoms with Crippen molar-refractivity contribution in [3.8, 4) is 0 Å². The minimum absolute atomic E-state index is 0.164. The lowest BCUT2D eigenvalue weighted by molar-refractivity contribution is 0.0689. The van der Waals surface area contributed by atoms with E-state index in [0.29, 0.717) is 12.1 Å². The molecule has 0 unspecified atom stereocenters. The van der Waals surface area contributed by atoms with Gasteiger partial charge in [-0.3, -0.25) is 9.59 Å². The highest BCUT2D eigenvalue weighted by Gasteiger charge is 2.21. The van der Waals surface area contributed by atoms with Crippen molar-refractivity contribution in [2.24, 2.45) is 5.92 Å². The fourth-order valence-corrected chi connectivity index (χ4v) is 2.97. The minimum Gasteiger partial charge on any atom is -0.459 e. The maximum atomic E-state index is 12.7. The molecule has 5 nitrogen and oxygen atoms in total. The lowest BCUT2D eigenvalue weighted by Gasteiger charge is -2.23. The quantitative estimate of drug-likeness (QED) is 0.771. The van der Waals surface area contributed by atoms with Gasteiger partial charge in [-0.2, -0.15) is 0 Å². The zero-order valence-corrected chi connectivity index (χ0v) is 14.7. The van der Waals surface area contributed by atoms with Crippen molar-refractivity contribution in [3.63, 3.8) is 0 Å². The summed E-state index contributed by atoms with van der Waals surface area (Å²) in [6, 6.07) is 11.1. The molecule has 0 aliphatic rings. The summed E-state index contributed by atoms with van der Waals surface area (Å²) in [5.74, 6) is 0.358. The summed E-state index contributed by atoms with van der Waals surface area (Å²) in [5, 5.41) is 0.963. The number of pyridine rings is 1. The second-order valence-electron chi connectivity index (χ2n) is 6.72. The molecule has 130 valence electrons. The molecular formula is C20H22N2O3. The zero-order valence-electron chi connectivity index (χ0n) is 14.7. The number of aromatic nitrogens is 1. The van der Waals surface area contributed by atoms with Gasteiger partial charge in [-0.25, -0.2) is 0 Å². The summed E-state index contributed by atoms with van der Waals surface area (Å²) in [6.45, 7) is 6.83. The van der Waals surface area contributed by atoms with E-state index in [0.717, 1.165) is 16.5 Å². The number of hydrogen-bond acceptors (Lipinski definition) is 3. The number of furan rings is 1. The fourth-order valence-electron chi connectivity index (χ4n) is 2.97. The summed E-state index contributed by atoms with van der Waals surface area (Å²) < 4.78 is 5.23. The van der Waals surface area contributed by atoms with Crippen LogP contribution in [0.5, 0.6) is 0 Å². The summed E-state index contributed by atoms with van der Waals surface area (Å²) in [6.07, 6.45) is 1.48. The van der Waals surface area contributed by atoms with Crippen molar-refractivity contribution < 1.29 is 9.21 Å². The van der Waals surface area contributed by atoms with E-state index in [9.17, 15) is 9.59 Å². The van der Waals surface area contributed by atoms with Gasteiger partial charge in [-0.15, -0.1) is 0 Å². The molecule has 0 spiro atoms. The zero-order chi connectivity index (χ0) is 18.0. The molecule has 0 bridgehead atoms. The van der Waals surface area contributed by atoms with Crippen molar-refractivity contribution in [1.82, 2.24) is 9.88 Å². The minimum atomic E-state index is -0.206. The molecule has 0 fully saturated rings. The number of carbonyl (C=O) groups excluding carboxylic acids is 1. The van der Waals surface area contributed by atoms with E-state index in [1.54, 1.807) is 17.0 Å². The van der Waals surface area contributed by atoms with Crippen LogP contribution < -0.4 is 5.56 Å². The van der Waals surface area contributed by atoms with E-state index in [4.69, 9.17) is 4.42 Å². The van der Waals surface area contributed by atoms with Crippen LogP contribution in [-0.4, -0.2) is 22.3 Å². The number of nitrogens with zero attached hydrogens (tertiary/aromatic N) is 1. The van der Waals surface area contributed by atoms with E-state index >= 15 is 0 Å². The Kier molecular flexibility index (Phi) is 4.74. The van der Waals surface area contributed by atoms with Gasteiger partial charge in [0.25, 0.3) is 11.5 Å². The largest absolute Gasteiger partial charge is 0.459 e. The third kappa shape index (κ3) is 3.65. The van der Waals surface area contributed by atoms with Gasteiger partial charge in [0.1, 0.15) is 0 Å². The molecule has 3 rings (SSSR count). The van der Waals surface area contributed by atoms with Gasteiger partial charge in [0, 0.05) is 12.1 Å². The van der Waals surface area contributed by atoms with E-state index in [-0.39, 0.29) is 29.7 Å². The van der Waals surface area contributed by atoms with Gasteiger partial charge in [0.15, 0.2) is 5.76 Å². The van der Waals surface area contributed by atoms with Gasteiger partial charge in [0.2, 0.25) is 0 Å². The molecular weight excluding hydrogens is 316 g/mol. The summed E-state index contributed by atoms with van der Waals surface area (Å²) in [4.78, 5) is 29.8. The lowest BCUT2D eigenvalue weighted by atomic mass is 10.1. The molecule has 2 aromatic heterocycles. The Morgan fingerprint density at radius 2 is 2.04 bits per heavy atom. The average Bonchev–Trinajstić information content (AvgIpc) is 3.09. The second-order valence-corrected chi connectivity index (χ2v) is 6.72. The highest BCUT2D eigenvalue weighted by atomic mass is 16.3. The fraction of sp³-hybridized carbons (Fsp3) is 0.300. The first-order valence-corrected chi connectivity index (χ1v) is 8.40. The number of amides is 1. The van der Waals surface area contributed by atoms with E-state index in [1.165, 1.54) is 6.26 Å². The first-order valence-electron chi connectivity index (χ1n) is 8.40. The number of nitrogens with one attached hydrogen (secondary N) is 1. The van der Waals surface area contributed by atoms with Crippen molar-refractivity contribution in [3.05, 3.63) is 69.9 Å². The van der Waals surface area contributed by atoms with Gasteiger partial charge in [-0.1, -0.05) is 32.0 Å². The van der Waals surface area contributed by atoms with Crippen LogP contribution >= 0.6 is 0 Å². The van der Waals surface area contributed by atoms with Gasteiger partial charge in [0.05, 0.1) is 18.3 Å². The monoisotopic (exact) mass is 338 g/mol. The average molecular weight is 338 g/mol. The maximum absolute atomic E-state index is 12.7. The normalized spacial score (nSPS) is 11.2. The van der Waals surface area contributed by atoms with Crippen LogP contribution in [-0.2, 0) is 6.54 Å². The van der Waals surface area contributed by atoms with Crippen LogP contribution in [0.2, 0.25) is 0 Å². The molecule has 0 atom stereocenters. The number of carbonyl (C=O) groups is 1. The molecule has 3 aromatic rings. The van der Waals surface area contributed by atoms with Crippen molar-refractivity contribution in [2.75, 3.05) is 6.54 Å². The third-order valence-corrected chi connectivity index (χ3v) is 4.13. The SMILES string of the molecule is Cc1cccc2cc(CN(CC(C)C)C(=O)c3ccco3)c(=O)[nH]c12. The van der Waals surface area contributed by atoms with Crippen molar-refractivity contribution in [1.29, 1.82) is 0 Å². The second kappa shape index (κ2) is 6.97. The molecule has 1 aromatic carbocycles. The van der Waals surface area contributed by atoms with Crippen LogP contribution in [0.4, 0.5) is 0 Å². The predicted octanol–water partition coefficient (Wildman–Crippen LogP) is 3.73. The molecule has 1 amide bonds. The molecule has 25 heavy (non-hydrogen) atoms. The molecule has 0 aliphatic carbocycles. The lowest BCUT2D eigenvalue weighted by Crippen LogP contribution is -2.35. The van der Waals surface area contributed by atoms with Crippen molar-refractivity contribution in [2.45, 2.75) is 27.3 Å². The van der Waals surface area contributed by atoms with Crippen molar-refractivity contribution >= 4 is 16.8 Å². The molecule has 0 saturated carbocycles. The van der Waals surface area contributed by atoms with E-state index in [1.807, 2.05) is 45.0 Å².